The Morgan fingerprint density at radius 3 is 2.46 bits per heavy atom. The third-order valence-electron chi connectivity index (χ3n) is 4.36. The van der Waals surface area contributed by atoms with E-state index >= 15 is 0 Å². The number of aromatic amines is 1. The van der Waals surface area contributed by atoms with Crippen molar-refractivity contribution < 1.29 is 9.53 Å². The summed E-state index contributed by atoms with van der Waals surface area (Å²) >= 11 is 0. The zero-order valence-corrected chi connectivity index (χ0v) is 14.6. The van der Waals surface area contributed by atoms with Crippen molar-refractivity contribution in [3.05, 3.63) is 65.5 Å². The van der Waals surface area contributed by atoms with Gasteiger partial charge < -0.3 is 9.64 Å². The number of ether oxygens (including phenoxy) is 1. The summed E-state index contributed by atoms with van der Waals surface area (Å²) in [5.74, 6) is 2.99. The van der Waals surface area contributed by atoms with Gasteiger partial charge in [0.1, 0.15) is 23.0 Å². The highest BCUT2D eigenvalue weighted by molar-refractivity contribution is 5.93. The SMILES string of the molecule is Cc1ccc(Oc2ccc(C(=O)N3CC(c4n[nH]c(C)n4)C3)nc2)cc1. The fourth-order valence-corrected chi connectivity index (χ4v) is 2.82. The lowest BCUT2D eigenvalue weighted by Crippen LogP contribution is -2.49. The van der Waals surface area contributed by atoms with Crippen LogP contribution in [-0.4, -0.2) is 44.1 Å². The monoisotopic (exact) mass is 349 g/mol. The summed E-state index contributed by atoms with van der Waals surface area (Å²) in [6, 6.07) is 11.2. The van der Waals surface area contributed by atoms with Crippen LogP contribution in [0.2, 0.25) is 0 Å². The average molecular weight is 349 g/mol. The molecule has 1 aliphatic rings. The summed E-state index contributed by atoms with van der Waals surface area (Å²) in [5, 5.41) is 6.99. The molecule has 132 valence electrons. The number of hydrogen-bond donors (Lipinski definition) is 1. The van der Waals surface area contributed by atoms with Gasteiger partial charge in [0.2, 0.25) is 0 Å². The molecule has 1 amide bonds. The van der Waals surface area contributed by atoms with E-state index in [1.54, 1.807) is 23.2 Å². The number of rotatable bonds is 4. The predicted octanol–water partition coefficient (Wildman–Crippen LogP) is 2.85. The number of H-pyrrole nitrogens is 1. The fraction of sp³-hybridized carbons (Fsp3) is 0.263. The normalized spacial score (nSPS) is 14.2. The highest BCUT2D eigenvalue weighted by atomic mass is 16.5. The second-order valence-electron chi connectivity index (χ2n) is 6.48. The van der Waals surface area contributed by atoms with Gasteiger partial charge >= 0.3 is 0 Å². The van der Waals surface area contributed by atoms with Crippen molar-refractivity contribution in [1.82, 2.24) is 25.1 Å². The van der Waals surface area contributed by atoms with Gasteiger partial charge in [0.15, 0.2) is 5.82 Å². The Morgan fingerprint density at radius 1 is 1.12 bits per heavy atom. The topological polar surface area (TPSA) is 84.0 Å². The lowest BCUT2D eigenvalue weighted by atomic mass is 9.99. The molecule has 3 heterocycles. The first-order valence-electron chi connectivity index (χ1n) is 8.47. The predicted molar refractivity (Wildman–Crippen MR) is 95.3 cm³/mol. The Labute approximate surface area is 151 Å². The summed E-state index contributed by atoms with van der Waals surface area (Å²) in [6.07, 6.45) is 1.57. The van der Waals surface area contributed by atoms with Crippen LogP contribution in [0.4, 0.5) is 0 Å². The maximum atomic E-state index is 12.5. The van der Waals surface area contributed by atoms with Crippen LogP contribution in [0.15, 0.2) is 42.6 Å². The zero-order valence-electron chi connectivity index (χ0n) is 14.6. The first kappa shape index (κ1) is 16.3. The van der Waals surface area contributed by atoms with E-state index in [0.29, 0.717) is 24.5 Å². The second-order valence-corrected chi connectivity index (χ2v) is 6.48. The van der Waals surface area contributed by atoms with Gasteiger partial charge in [-0.3, -0.25) is 9.89 Å². The molecule has 0 radical (unpaired) electrons. The number of pyridine rings is 1. The molecule has 0 bridgehead atoms. The van der Waals surface area contributed by atoms with Crippen LogP contribution < -0.4 is 4.74 Å². The van der Waals surface area contributed by atoms with Crippen LogP contribution in [-0.2, 0) is 0 Å². The molecule has 26 heavy (non-hydrogen) atoms. The van der Waals surface area contributed by atoms with Crippen molar-refractivity contribution in [2.75, 3.05) is 13.1 Å². The average Bonchev–Trinajstić information content (AvgIpc) is 3.02. The van der Waals surface area contributed by atoms with Gasteiger partial charge in [0, 0.05) is 13.1 Å². The number of carbonyl (C=O) groups is 1. The van der Waals surface area contributed by atoms with Crippen LogP contribution in [0.3, 0.4) is 0 Å². The molecule has 1 aliphatic heterocycles. The van der Waals surface area contributed by atoms with Gasteiger partial charge in [-0.1, -0.05) is 17.7 Å². The third-order valence-corrected chi connectivity index (χ3v) is 4.36. The van der Waals surface area contributed by atoms with Crippen molar-refractivity contribution in [3.8, 4) is 11.5 Å². The molecule has 1 N–H and O–H groups in total. The maximum absolute atomic E-state index is 12.5. The van der Waals surface area contributed by atoms with Crippen LogP contribution in [0.25, 0.3) is 0 Å². The molecular formula is C19H19N5O2. The summed E-state index contributed by atoms with van der Waals surface area (Å²) < 4.78 is 5.74. The Morgan fingerprint density at radius 2 is 1.85 bits per heavy atom. The maximum Gasteiger partial charge on any atom is 0.272 e. The number of amides is 1. The van der Waals surface area contributed by atoms with E-state index in [0.717, 1.165) is 17.4 Å². The second kappa shape index (κ2) is 6.59. The summed E-state index contributed by atoms with van der Waals surface area (Å²) in [4.78, 5) is 22.8. The zero-order chi connectivity index (χ0) is 18.1. The van der Waals surface area contributed by atoms with E-state index in [-0.39, 0.29) is 11.8 Å². The quantitative estimate of drug-likeness (QED) is 0.783. The van der Waals surface area contributed by atoms with E-state index in [1.807, 2.05) is 38.1 Å². The molecule has 3 aromatic rings. The standard InChI is InChI=1S/C19H19N5O2/c1-12-3-5-15(6-4-12)26-16-7-8-17(20-9-16)19(25)24-10-14(11-24)18-21-13(2)22-23-18/h3-9,14H,10-11H2,1-2H3,(H,21,22,23). The molecule has 0 spiro atoms. The van der Waals surface area contributed by atoms with Gasteiger partial charge in [-0.05, 0) is 38.1 Å². The Kier molecular flexibility index (Phi) is 4.12. The minimum atomic E-state index is -0.0876. The highest BCUT2D eigenvalue weighted by Gasteiger charge is 2.35. The van der Waals surface area contributed by atoms with E-state index in [9.17, 15) is 4.79 Å². The molecule has 0 aliphatic carbocycles. The lowest BCUT2D eigenvalue weighted by molar-refractivity contribution is 0.0589. The minimum absolute atomic E-state index is 0.0876. The number of aryl methyl sites for hydroxylation is 2. The molecule has 0 atom stereocenters. The third kappa shape index (κ3) is 3.28. The van der Waals surface area contributed by atoms with Gasteiger partial charge in [0.05, 0.1) is 12.1 Å². The number of hydrogen-bond acceptors (Lipinski definition) is 5. The Bertz CT molecular complexity index is 912. The van der Waals surface area contributed by atoms with Crippen LogP contribution >= 0.6 is 0 Å². The van der Waals surface area contributed by atoms with E-state index in [2.05, 4.69) is 20.2 Å². The molecule has 7 heteroatoms. The van der Waals surface area contributed by atoms with Crippen LogP contribution in [0.1, 0.15) is 33.6 Å². The van der Waals surface area contributed by atoms with Crippen molar-refractivity contribution in [1.29, 1.82) is 0 Å². The molecule has 7 nitrogen and oxygen atoms in total. The van der Waals surface area contributed by atoms with Crippen molar-refractivity contribution in [3.63, 3.8) is 0 Å². The van der Waals surface area contributed by atoms with Gasteiger partial charge in [-0.15, -0.1) is 0 Å². The number of carbonyl (C=O) groups excluding carboxylic acids is 1. The van der Waals surface area contributed by atoms with Crippen molar-refractivity contribution >= 4 is 5.91 Å². The Hall–Kier alpha value is -3.22. The highest BCUT2D eigenvalue weighted by Crippen LogP contribution is 2.26. The number of benzene rings is 1. The lowest BCUT2D eigenvalue weighted by Gasteiger charge is -2.37. The van der Waals surface area contributed by atoms with Gasteiger partial charge in [-0.25, -0.2) is 9.97 Å². The first-order valence-corrected chi connectivity index (χ1v) is 8.47. The molecule has 1 saturated heterocycles. The summed E-state index contributed by atoms with van der Waals surface area (Å²) in [7, 11) is 0. The van der Waals surface area contributed by atoms with Crippen molar-refractivity contribution in [2.45, 2.75) is 19.8 Å². The summed E-state index contributed by atoms with van der Waals surface area (Å²) in [5.41, 5.74) is 1.58. The Balaban J connectivity index is 1.36. The molecule has 0 saturated carbocycles. The number of nitrogens with one attached hydrogen (secondary N) is 1. The molecule has 2 aromatic heterocycles. The minimum Gasteiger partial charge on any atom is -0.456 e. The molecule has 0 unspecified atom stereocenters. The largest absolute Gasteiger partial charge is 0.456 e. The van der Waals surface area contributed by atoms with Crippen LogP contribution in [0.5, 0.6) is 11.5 Å². The molecule has 4 rings (SSSR count). The summed E-state index contributed by atoms with van der Waals surface area (Å²) in [6.45, 7) is 5.11. The van der Waals surface area contributed by atoms with Gasteiger partial charge in [-0.2, -0.15) is 5.10 Å². The number of nitrogens with zero attached hydrogens (tertiary/aromatic N) is 4. The van der Waals surface area contributed by atoms with Crippen molar-refractivity contribution in [2.24, 2.45) is 0 Å². The number of aromatic nitrogens is 4. The van der Waals surface area contributed by atoms with E-state index < -0.39 is 0 Å². The molecule has 1 fully saturated rings. The number of likely N-dealkylation sites (tertiary alicyclic amines) is 1. The van der Waals surface area contributed by atoms with E-state index in [1.165, 1.54) is 5.56 Å². The molecule has 1 aromatic carbocycles. The fourth-order valence-electron chi connectivity index (χ4n) is 2.82. The smallest absolute Gasteiger partial charge is 0.272 e. The first-order chi connectivity index (χ1) is 12.6. The molecular weight excluding hydrogens is 330 g/mol. The van der Waals surface area contributed by atoms with E-state index in [4.69, 9.17) is 4.74 Å². The van der Waals surface area contributed by atoms with Crippen LogP contribution in [0, 0.1) is 13.8 Å². The van der Waals surface area contributed by atoms with Gasteiger partial charge in [0.25, 0.3) is 5.91 Å².